The fourth-order valence-corrected chi connectivity index (χ4v) is 3.69. The number of alkyl carbamates (subject to hydrolysis) is 1. The maximum Gasteiger partial charge on any atom is 0.407 e. The molecule has 0 aliphatic carbocycles. The molecule has 3 atom stereocenters. The molecule has 1 saturated heterocycles. The Morgan fingerprint density at radius 3 is 2.53 bits per heavy atom. The summed E-state index contributed by atoms with van der Waals surface area (Å²) >= 11 is 0. The quantitative estimate of drug-likeness (QED) is 0.507. The van der Waals surface area contributed by atoms with E-state index in [9.17, 15) is 19.5 Å². The SMILES string of the molecule is CCC[C@H](NC(=O)[C@H](Cc1ccccc1)NC(=O)OCCC1CCCN1C)C(=O)O. The molecule has 0 radical (unpaired) electrons. The Labute approximate surface area is 178 Å². The first-order valence-corrected chi connectivity index (χ1v) is 10.6. The van der Waals surface area contributed by atoms with E-state index >= 15 is 0 Å². The summed E-state index contributed by atoms with van der Waals surface area (Å²) in [4.78, 5) is 38.7. The van der Waals surface area contributed by atoms with Crippen molar-refractivity contribution in [3.8, 4) is 0 Å². The monoisotopic (exact) mass is 419 g/mol. The molecule has 30 heavy (non-hydrogen) atoms. The van der Waals surface area contributed by atoms with Gasteiger partial charge in [-0.2, -0.15) is 0 Å². The number of hydrogen-bond donors (Lipinski definition) is 3. The highest BCUT2D eigenvalue weighted by atomic mass is 16.5. The van der Waals surface area contributed by atoms with Crippen LogP contribution in [0.5, 0.6) is 0 Å². The molecular weight excluding hydrogens is 386 g/mol. The maximum absolute atomic E-state index is 12.7. The second-order valence-electron chi connectivity index (χ2n) is 7.78. The van der Waals surface area contributed by atoms with Crippen LogP contribution in [0.2, 0.25) is 0 Å². The van der Waals surface area contributed by atoms with Crippen LogP contribution < -0.4 is 10.6 Å². The number of rotatable bonds is 11. The topological polar surface area (TPSA) is 108 Å². The Hall–Kier alpha value is -2.61. The number of carboxylic acid groups (broad SMARTS) is 1. The van der Waals surface area contributed by atoms with E-state index in [1.807, 2.05) is 37.3 Å². The summed E-state index contributed by atoms with van der Waals surface area (Å²) in [7, 11) is 2.06. The second-order valence-corrected chi connectivity index (χ2v) is 7.78. The van der Waals surface area contributed by atoms with Crippen LogP contribution in [0.3, 0.4) is 0 Å². The first-order chi connectivity index (χ1) is 14.4. The van der Waals surface area contributed by atoms with Gasteiger partial charge in [0.05, 0.1) is 6.61 Å². The predicted octanol–water partition coefficient (Wildman–Crippen LogP) is 2.18. The number of aliphatic carboxylic acids is 1. The zero-order chi connectivity index (χ0) is 21.9. The lowest BCUT2D eigenvalue weighted by atomic mass is 10.0. The Morgan fingerprint density at radius 2 is 1.93 bits per heavy atom. The minimum atomic E-state index is -1.09. The van der Waals surface area contributed by atoms with Crippen molar-refractivity contribution in [3.63, 3.8) is 0 Å². The Kier molecular flexibility index (Phi) is 9.60. The third-order valence-corrected chi connectivity index (χ3v) is 5.44. The largest absolute Gasteiger partial charge is 0.480 e. The summed E-state index contributed by atoms with van der Waals surface area (Å²) in [6, 6.07) is 7.75. The summed E-state index contributed by atoms with van der Waals surface area (Å²) in [5.41, 5.74) is 0.855. The predicted molar refractivity (Wildman–Crippen MR) is 113 cm³/mol. The van der Waals surface area contributed by atoms with Crippen LogP contribution in [-0.4, -0.2) is 66.3 Å². The number of amides is 2. The molecule has 2 amide bonds. The van der Waals surface area contributed by atoms with Crippen LogP contribution in [0.15, 0.2) is 30.3 Å². The van der Waals surface area contributed by atoms with Crippen LogP contribution in [0.25, 0.3) is 0 Å². The molecule has 1 fully saturated rings. The van der Waals surface area contributed by atoms with Crippen molar-refractivity contribution >= 4 is 18.0 Å². The zero-order valence-electron chi connectivity index (χ0n) is 17.8. The van der Waals surface area contributed by atoms with Crippen molar-refractivity contribution in [1.29, 1.82) is 0 Å². The van der Waals surface area contributed by atoms with Crippen molar-refractivity contribution in [1.82, 2.24) is 15.5 Å². The molecule has 1 aromatic rings. The average molecular weight is 420 g/mol. The van der Waals surface area contributed by atoms with E-state index < -0.39 is 30.1 Å². The van der Waals surface area contributed by atoms with E-state index in [0.717, 1.165) is 31.4 Å². The van der Waals surface area contributed by atoms with Gasteiger partial charge in [-0.15, -0.1) is 0 Å². The number of nitrogens with zero attached hydrogens (tertiary/aromatic N) is 1. The Balaban J connectivity index is 1.95. The van der Waals surface area contributed by atoms with Gasteiger partial charge in [0, 0.05) is 12.5 Å². The molecular formula is C22H33N3O5. The smallest absolute Gasteiger partial charge is 0.407 e. The molecule has 3 N–H and O–H groups in total. The van der Waals surface area contributed by atoms with E-state index in [1.165, 1.54) is 0 Å². The van der Waals surface area contributed by atoms with Gasteiger partial charge >= 0.3 is 12.1 Å². The van der Waals surface area contributed by atoms with Crippen molar-refractivity contribution in [2.75, 3.05) is 20.2 Å². The number of nitrogens with one attached hydrogen (secondary N) is 2. The van der Waals surface area contributed by atoms with E-state index in [1.54, 1.807) is 0 Å². The van der Waals surface area contributed by atoms with Gasteiger partial charge < -0.3 is 25.4 Å². The molecule has 0 aromatic heterocycles. The van der Waals surface area contributed by atoms with E-state index in [0.29, 0.717) is 18.9 Å². The van der Waals surface area contributed by atoms with Crippen molar-refractivity contribution in [3.05, 3.63) is 35.9 Å². The molecule has 1 aromatic carbocycles. The molecule has 1 aliphatic heterocycles. The van der Waals surface area contributed by atoms with Gasteiger partial charge in [0.15, 0.2) is 0 Å². The molecule has 1 unspecified atom stereocenters. The molecule has 2 rings (SSSR count). The number of carboxylic acids is 1. The average Bonchev–Trinajstić information content (AvgIpc) is 3.12. The first-order valence-electron chi connectivity index (χ1n) is 10.6. The highest BCUT2D eigenvalue weighted by molar-refractivity contribution is 5.89. The highest BCUT2D eigenvalue weighted by Crippen LogP contribution is 2.17. The Morgan fingerprint density at radius 1 is 1.20 bits per heavy atom. The standard InChI is InChI=1S/C22H33N3O5/c1-3-8-18(21(27)28)23-20(26)19(15-16-9-5-4-6-10-16)24-22(29)30-14-12-17-11-7-13-25(17)2/h4-6,9-10,17-19H,3,7-8,11-15H2,1-2H3,(H,23,26)(H,24,29)(H,27,28)/t17?,18-,19-/m0/s1. The van der Waals surface area contributed by atoms with Gasteiger partial charge in [0.25, 0.3) is 0 Å². The van der Waals surface area contributed by atoms with Crippen LogP contribution in [-0.2, 0) is 20.7 Å². The number of benzene rings is 1. The third kappa shape index (κ3) is 7.67. The summed E-state index contributed by atoms with van der Waals surface area (Å²) in [6.07, 6.45) is 3.49. The van der Waals surface area contributed by atoms with Crippen LogP contribution in [0.1, 0.15) is 44.6 Å². The normalized spacial score (nSPS) is 18.4. The van der Waals surface area contributed by atoms with Crippen LogP contribution in [0, 0.1) is 0 Å². The van der Waals surface area contributed by atoms with Crippen molar-refractivity contribution in [2.45, 2.75) is 63.6 Å². The lowest BCUT2D eigenvalue weighted by Crippen LogP contribution is -2.52. The summed E-state index contributed by atoms with van der Waals surface area (Å²) in [5, 5.41) is 14.5. The number of hydrogen-bond acceptors (Lipinski definition) is 5. The lowest BCUT2D eigenvalue weighted by Gasteiger charge is -2.22. The fraction of sp³-hybridized carbons (Fsp3) is 0.591. The lowest BCUT2D eigenvalue weighted by molar-refractivity contribution is -0.142. The second kappa shape index (κ2) is 12.2. The zero-order valence-corrected chi connectivity index (χ0v) is 17.8. The van der Waals surface area contributed by atoms with Crippen LogP contribution >= 0.6 is 0 Å². The number of likely N-dealkylation sites (tertiary alicyclic amines) is 1. The molecule has 0 spiro atoms. The number of ether oxygens (including phenoxy) is 1. The van der Waals surface area contributed by atoms with Gasteiger partial charge in [-0.25, -0.2) is 9.59 Å². The summed E-state index contributed by atoms with van der Waals surface area (Å²) < 4.78 is 5.30. The van der Waals surface area contributed by atoms with Gasteiger partial charge in [0.1, 0.15) is 12.1 Å². The van der Waals surface area contributed by atoms with E-state index in [-0.39, 0.29) is 13.0 Å². The number of carbonyl (C=O) groups excluding carboxylic acids is 2. The van der Waals surface area contributed by atoms with E-state index in [4.69, 9.17) is 4.74 Å². The molecule has 0 saturated carbocycles. The van der Waals surface area contributed by atoms with Crippen LogP contribution in [0.4, 0.5) is 4.79 Å². The molecule has 166 valence electrons. The molecule has 1 heterocycles. The fourth-order valence-electron chi connectivity index (χ4n) is 3.69. The Bertz CT molecular complexity index is 697. The first kappa shape index (κ1) is 23.7. The minimum absolute atomic E-state index is 0.242. The van der Waals surface area contributed by atoms with Gasteiger partial charge in [-0.05, 0) is 44.8 Å². The summed E-state index contributed by atoms with van der Waals surface area (Å²) in [6.45, 7) is 3.17. The number of carbonyl (C=O) groups is 3. The van der Waals surface area contributed by atoms with Gasteiger partial charge in [-0.1, -0.05) is 43.7 Å². The molecule has 0 bridgehead atoms. The minimum Gasteiger partial charge on any atom is -0.480 e. The van der Waals surface area contributed by atoms with Crippen molar-refractivity contribution in [2.24, 2.45) is 0 Å². The molecule has 8 nitrogen and oxygen atoms in total. The van der Waals surface area contributed by atoms with Gasteiger partial charge in [-0.3, -0.25) is 4.79 Å². The van der Waals surface area contributed by atoms with Crippen molar-refractivity contribution < 1.29 is 24.2 Å². The van der Waals surface area contributed by atoms with E-state index in [2.05, 4.69) is 22.6 Å². The highest BCUT2D eigenvalue weighted by Gasteiger charge is 2.27. The molecule has 8 heteroatoms. The third-order valence-electron chi connectivity index (χ3n) is 5.44. The molecule has 1 aliphatic rings. The summed E-state index contributed by atoms with van der Waals surface area (Å²) in [5.74, 6) is -1.63. The van der Waals surface area contributed by atoms with Gasteiger partial charge in [0.2, 0.25) is 5.91 Å². The maximum atomic E-state index is 12.7.